The Morgan fingerprint density at radius 2 is 2.33 bits per heavy atom. The Hall–Kier alpha value is -0.0600. The Bertz CT molecular complexity index is 410. The number of benzene rings is 1. The molecule has 0 aliphatic rings. The van der Waals surface area contributed by atoms with Crippen LogP contribution in [0.15, 0.2) is 27.0 Å². The summed E-state index contributed by atoms with van der Waals surface area (Å²) in [6.45, 7) is 0. The first kappa shape index (κ1) is 8.53. The number of halogens is 1. The predicted molar refractivity (Wildman–Crippen MR) is 59.1 cm³/mol. The lowest BCUT2D eigenvalue weighted by Crippen LogP contribution is -1.67. The standard InChI is InChI=1S/C8H6BrNS2/c1-11-8-10-6-3-2-5(9)4-7(6)12-8/h2-4H,1H3. The van der Waals surface area contributed by atoms with E-state index in [0.717, 1.165) is 14.3 Å². The molecule has 0 atom stereocenters. The van der Waals surface area contributed by atoms with Gasteiger partial charge in [-0.2, -0.15) is 0 Å². The van der Waals surface area contributed by atoms with E-state index in [9.17, 15) is 0 Å². The predicted octanol–water partition coefficient (Wildman–Crippen LogP) is 3.78. The summed E-state index contributed by atoms with van der Waals surface area (Å²) in [5, 5.41) is 0. The van der Waals surface area contributed by atoms with Gasteiger partial charge >= 0.3 is 0 Å². The summed E-state index contributed by atoms with van der Waals surface area (Å²) >= 11 is 6.86. The van der Waals surface area contributed by atoms with Crippen molar-refractivity contribution in [2.45, 2.75) is 4.34 Å². The summed E-state index contributed by atoms with van der Waals surface area (Å²) in [6, 6.07) is 6.16. The van der Waals surface area contributed by atoms with Crippen molar-refractivity contribution in [2.75, 3.05) is 6.26 Å². The summed E-state index contributed by atoms with van der Waals surface area (Å²) in [5.74, 6) is 0. The van der Waals surface area contributed by atoms with Crippen LogP contribution in [0.2, 0.25) is 0 Å². The molecule has 4 heteroatoms. The second-order valence-electron chi connectivity index (χ2n) is 2.30. The van der Waals surface area contributed by atoms with Crippen molar-refractivity contribution in [3.63, 3.8) is 0 Å². The van der Waals surface area contributed by atoms with Crippen molar-refractivity contribution in [2.24, 2.45) is 0 Å². The van der Waals surface area contributed by atoms with Crippen molar-refractivity contribution < 1.29 is 0 Å². The first-order chi connectivity index (χ1) is 5.79. The van der Waals surface area contributed by atoms with Gasteiger partial charge in [0.15, 0.2) is 4.34 Å². The molecule has 2 aromatic rings. The first-order valence-electron chi connectivity index (χ1n) is 3.39. The van der Waals surface area contributed by atoms with E-state index in [-0.39, 0.29) is 0 Å². The van der Waals surface area contributed by atoms with Crippen LogP contribution >= 0.6 is 39.0 Å². The van der Waals surface area contributed by atoms with Gasteiger partial charge in [0.25, 0.3) is 0 Å². The minimum absolute atomic E-state index is 1.09. The molecule has 0 spiro atoms. The largest absolute Gasteiger partial charge is 0.230 e. The van der Waals surface area contributed by atoms with Gasteiger partial charge in [-0.05, 0) is 24.5 Å². The maximum absolute atomic E-state index is 4.43. The normalized spacial score (nSPS) is 10.8. The molecule has 1 heterocycles. The van der Waals surface area contributed by atoms with Gasteiger partial charge in [-0.3, -0.25) is 0 Å². The zero-order chi connectivity index (χ0) is 8.55. The Balaban J connectivity index is 2.67. The van der Waals surface area contributed by atoms with Crippen LogP contribution in [0.3, 0.4) is 0 Å². The monoisotopic (exact) mass is 259 g/mol. The van der Waals surface area contributed by atoms with Crippen LogP contribution in [0.5, 0.6) is 0 Å². The fraction of sp³-hybridized carbons (Fsp3) is 0.125. The van der Waals surface area contributed by atoms with E-state index in [1.807, 2.05) is 18.4 Å². The van der Waals surface area contributed by atoms with E-state index < -0.39 is 0 Å². The molecule has 2 rings (SSSR count). The van der Waals surface area contributed by atoms with Gasteiger partial charge in [0, 0.05) is 4.47 Å². The van der Waals surface area contributed by atoms with Crippen LogP contribution in [-0.2, 0) is 0 Å². The second-order valence-corrected chi connectivity index (χ2v) is 5.30. The molecule has 0 aliphatic heterocycles. The van der Waals surface area contributed by atoms with Crippen LogP contribution in [0.4, 0.5) is 0 Å². The van der Waals surface area contributed by atoms with Crippen LogP contribution in [0.1, 0.15) is 0 Å². The lowest BCUT2D eigenvalue weighted by atomic mass is 10.3. The van der Waals surface area contributed by atoms with E-state index in [0.29, 0.717) is 0 Å². The van der Waals surface area contributed by atoms with E-state index in [1.165, 1.54) is 4.70 Å². The molecule has 1 nitrogen and oxygen atoms in total. The van der Waals surface area contributed by atoms with Crippen molar-refractivity contribution in [3.8, 4) is 0 Å². The SMILES string of the molecule is CSc1nc2ccc(Br)cc2s1. The van der Waals surface area contributed by atoms with Crippen LogP contribution in [-0.4, -0.2) is 11.2 Å². The lowest BCUT2D eigenvalue weighted by molar-refractivity contribution is 1.31. The molecule has 0 bridgehead atoms. The molecule has 12 heavy (non-hydrogen) atoms. The fourth-order valence-corrected chi connectivity index (χ4v) is 3.01. The third-order valence-corrected chi connectivity index (χ3v) is 4.00. The third kappa shape index (κ3) is 1.51. The lowest BCUT2D eigenvalue weighted by Gasteiger charge is -1.86. The highest BCUT2D eigenvalue weighted by Crippen LogP contribution is 2.29. The van der Waals surface area contributed by atoms with Gasteiger partial charge in [0.1, 0.15) is 0 Å². The molecule has 1 aromatic heterocycles. The minimum Gasteiger partial charge on any atom is -0.230 e. The topological polar surface area (TPSA) is 12.9 Å². The molecule has 0 radical (unpaired) electrons. The summed E-state index contributed by atoms with van der Waals surface area (Å²) in [7, 11) is 0. The van der Waals surface area contributed by atoms with E-state index in [1.54, 1.807) is 23.1 Å². The molecule has 1 aromatic carbocycles. The number of hydrogen-bond acceptors (Lipinski definition) is 3. The number of thioether (sulfide) groups is 1. The first-order valence-corrected chi connectivity index (χ1v) is 6.23. The Morgan fingerprint density at radius 1 is 1.50 bits per heavy atom. The van der Waals surface area contributed by atoms with Crippen LogP contribution in [0.25, 0.3) is 10.2 Å². The van der Waals surface area contributed by atoms with Crippen molar-refractivity contribution in [1.82, 2.24) is 4.98 Å². The number of fused-ring (bicyclic) bond motifs is 1. The van der Waals surface area contributed by atoms with Crippen molar-refractivity contribution in [3.05, 3.63) is 22.7 Å². The highest BCUT2D eigenvalue weighted by Gasteiger charge is 2.01. The summed E-state index contributed by atoms with van der Waals surface area (Å²) in [4.78, 5) is 4.43. The summed E-state index contributed by atoms with van der Waals surface area (Å²) in [6.07, 6.45) is 2.05. The molecule has 0 saturated carbocycles. The van der Waals surface area contributed by atoms with Gasteiger partial charge in [-0.1, -0.05) is 27.7 Å². The van der Waals surface area contributed by atoms with Crippen molar-refractivity contribution >= 4 is 49.2 Å². The maximum atomic E-state index is 4.43. The molecule has 0 unspecified atom stereocenters. The third-order valence-electron chi connectivity index (χ3n) is 1.51. The van der Waals surface area contributed by atoms with E-state index in [4.69, 9.17) is 0 Å². The zero-order valence-electron chi connectivity index (χ0n) is 6.37. The number of hydrogen-bond donors (Lipinski definition) is 0. The highest BCUT2D eigenvalue weighted by atomic mass is 79.9. The van der Waals surface area contributed by atoms with Crippen LogP contribution < -0.4 is 0 Å². The van der Waals surface area contributed by atoms with Crippen LogP contribution in [0, 0.1) is 0 Å². The molecule has 0 saturated heterocycles. The van der Waals surface area contributed by atoms with Gasteiger partial charge in [0.2, 0.25) is 0 Å². The van der Waals surface area contributed by atoms with Gasteiger partial charge in [0.05, 0.1) is 10.2 Å². The number of thiazole rings is 1. The highest BCUT2D eigenvalue weighted by molar-refractivity contribution is 9.10. The number of nitrogens with zero attached hydrogens (tertiary/aromatic N) is 1. The minimum atomic E-state index is 1.09. The number of rotatable bonds is 1. The Morgan fingerprint density at radius 3 is 3.08 bits per heavy atom. The molecule has 62 valence electrons. The second kappa shape index (κ2) is 3.36. The average Bonchev–Trinajstić information content (AvgIpc) is 2.46. The molecular weight excluding hydrogens is 254 g/mol. The van der Waals surface area contributed by atoms with E-state index >= 15 is 0 Å². The summed E-state index contributed by atoms with van der Waals surface area (Å²) in [5.41, 5.74) is 1.09. The molecule has 0 amide bonds. The average molecular weight is 260 g/mol. The molecule has 0 aliphatic carbocycles. The quantitative estimate of drug-likeness (QED) is 0.724. The smallest absolute Gasteiger partial charge is 0.150 e. The molecular formula is C8H6BrNS2. The zero-order valence-corrected chi connectivity index (χ0v) is 9.59. The van der Waals surface area contributed by atoms with Gasteiger partial charge < -0.3 is 0 Å². The summed E-state index contributed by atoms with van der Waals surface area (Å²) < 4.78 is 3.49. The fourth-order valence-electron chi connectivity index (χ4n) is 0.965. The number of aromatic nitrogens is 1. The van der Waals surface area contributed by atoms with E-state index in [2.05, 4.69) is 27.0 Å². The van der Waals surface area contributed by atoms with Gasteiger partial charge in [-0.25, -0.2) is 4.98 Å². The van der Waals surface area contributed by atoms with Gasteiger partial charge in [-0.15, -0.1) is 11.3 Å². The Kier molecular flexibility index (Phi) is 2.39. The Labute approximate surface area is 87.3 Å². The molecule has 0 fully saturated rings. The van der Waals surface area contributed by atoms with Crippen molar-refractivity contribution in [1.29, 1.82) is 0 Å². The maximum Gasteiger partial charge on any atom is 0.150 e. The molecule has 0 N–H and O–H groups in total.